The summed E-state index contributed by atoms with van der Waals surface area (Å²) in [4.78, 5) is 55.1. The number of fused-ring (bicyclic) bond motifs is 2. The van der Waals surface area contributed by atoms with Crippen molar-refractivity contribution in [3.05, 3.63) is 70.5 Å². The number of imidazole rings is 1. The maximum absolute atomic E-state index is 13.3. The van der Waals surface area contributed by atoms with Crippen molar-refractivity contribution in [1.29, 1.82) is 0 Å². The van der Waals surface area contributed by atoms with Crippen LogP contribution in [0, 0.1) is 0 Å². The molecule has 1 atom stereocenters. The lowest BCUT2D eigenvalue weighted by atomic mass is 9.93. The number of aromatic nitrogens is 2. The number of carbonyl (C=O) groups excluding carboxylic acids is 3. The largest absolute Gasteiger partial charge is 0.394 e. The number of hydrogen-bond acceptors (Lipinski definition) is 8. The molecule has 1 fully saturated rings. The third-order valence-corrected chi connectivity index (χ3v) is 7.81. The molecule has 1 aliphatic carbocycles. The Balaban J connectivity index is 1.29. The van der Waals surface area contributed by atoms with Gasteiger partial charge in [-0.2, -0.15) is 0 Å². The molecule has 1 aromatic heterocycles. The molecule has 6 rings (SSSR count). The Hall–Kier alpha value is -3.89. The summed E-state index contributed by atoms with van der Waals surface area (Å²) >= 11 is 0. The van der Waals surface area contributed by atoms with Gasteiger partial charge in [0.05, 0.1) is 41.4 Å². The predicted octanol–water partition coefficient (Wildman–Crippen LogP) is 1.90. The number of piperidine rings is 1. The van der Waals surface area contributed by atoms with E-state index in [0.717, 1.165) is 42.9 Å². The number of H-pyrrole nitrogens is 1. The minimum Gasteiger partial charge on any atom is -0.394 e. The quantitative estimate of drug-likeness (QED) is 0.410. The summed E-state index contributed by atoms with van der Waals surface area (Å²) in [6, 6.07) is 3.03. The zero-order chi connectivity index (χ0) is 26.4. The number of imide groups is 1. The van der Waals surface area contributed by atoms with Crippen molar-refractivity contribution in [2.24, 2.45) is 4.99 Å². The molecule has 0 unspecified atom stereocenters. The van der Waals surface area contributed by atoms with Gasteiger partial charge in [-0.3, -0.25) is 24.3 Å². The third-order valence-electron chi connectivity index (χ3n) is 7.81. The number of hydrogen-bond donors (Lipinski definition) is 3. The summed E-state index contributed by atoms with van der Waals surface area (Å²) in [5, 5.41) is 13.3. The first kappa shape index (κ1) is 24.4. The van der Waals surface area contributed by atoms with Crippen LogP contribution in [0.5, 0.6) is 0 Å². The number of aromatic amines is 1. The lowest BCUT2D eigenvalue weighted by Crippen LogP contribution is -2.46. The van der Waals surface area contributed by atoms with Crippen molar-refractivity contribution in [1.82, 2.24) is 19.8 Å². The second-order valence-electron chi connectivity index (χ2n) is 10.4. The fraction of sp³-hybridized carbons (Fsp3) is 0.393. The monoisotopic (exact) mass is 514 g/mol. The van der Waals surface area contributed by atoms with Gasteiger partial charge in [0, 0.05) is 48.6 Å². The van der Waals surface area contributed by atoms with Crippen LogP contribution in [0.4, 0.5) is 5.69 Å². The summed E-state index contributed by atoms with van der Waals surface area (Å²) in [5.74, 6) is -0.534. The SMILES string of the molecule is CN1CCC(N2C(=O)c3cc4c(cc3C2=O)NC(=C2C(=O)CC=CC2=N[C@@H](CO)Cc2cnc[nH]2)C4)CC1. The van der Waals surface area contributed by atoms with Crippen LogP contribution in [0.1, 0.15) is 51.2 Å². The molecule has 4 aliphatic rings. The first-order valence-corrected chi connectivity index (χ1v) is 13.0. The second kappa shape index (κ2) is 9.77. The van der Waals surface area contributed by atoms with Gasteiger partial charge < -0.3 is 20.3 Å². The highest BCUT2D eigenvalue weighted by atomic mass is 16.3. The highest BCUT2D eigenvalue weighted by molar-refractivity contribution is 6.29. The number of aliphatic hydroxyl groups is 1. The Labute approximate surface area is 220 Å². The predicted molar refractivity (Wildman–Crippen MR) is 141 cm³/mol. The molecule has 10 heteroatoms. The van der Waals surface area contributed by atoms with Gasteiger partial charge in [0.1, 0.15) is 0 Å². The van der Waals surface area contributed by atoms with Crippen LogP contribution < -0.4 is 5.32 Å². The molecule has 10 nitrogen and oxygen atoms in total. The van der Waals surface area contributed by atoms with E-state index < -0.39 is 6.04 Å². The number of amides is 2. The van der Waals surface area contributed by atoms with Gasteiger partial charge in [0.15, 0.2) is 5.78 Å². The van der Waals surface area contributed by atoms with Crippen molar-refractivity contribution in [2.45, 2.75) is 44.2 Å². The van der Waals surface area contributed by atoms with E-state index in [2.05, 4.69) is 20.2 Å². The number of ketones is 1. The highest BCUT2D eigenvalue weighted by Crippen LogP contribution is 2.38. The van der Waals surface area contributed by atoms with Gasteiger partial charge in [-0.15, -0.1) is 0 Å². The summed E-state index contributed by atoms with van der Waals surface area (Å²) in [7, 11) is 2.05. The van der Waals surface area contributed by atoms with Crippen LogP contribution in [0.3, 0.4) is 0 Å². The Morgan fingerprint density at radius 1 is 1.16 bits per heavy atom. The van der Waals surface area contributed by atoms with Gasteiger partial charge >= 0.3 is 0 Å². The van der Waals surface area contributed by atoms with Crippen LogP contribution in [-0.4, -0.2) is 87.0 Å². The van der Waals surface area contributed by atoms with Gasteiger partial charge in [-0.05, 0) is 56.8 Å². The summed E-state index contributed by atoms with van der Waals surface area (Å²) in [6.45, 7) is 1.54. The Kier molecular flexibility index (Phi) is 6.29. The van der Waals surface area contributed by atoms with Gasteiger partial charge in [0.2, 0.25) is 0 Å². The van der Waals surface area contributed by atoms with Crippen molar-refractivity contribution in [3.8, 4) is 0 Å². The zero-order valence-electron chi connectivity index (χ0n) is 21.2. The first-order valence-electron chi connectivity index (χ1n) is 13.0. The van der Waals surface area contributed by atoms with Crippen molar-refractivity contribution in [3.63, 3.8) is 0 Å². The maximum Gasteiger partial charge on any atom is 0.261 e. The smallest absolute Gasteiger partial charge is 0.261 e. The lowest BCUT2D eigenvalue weighted by molar-refractivity contribution is -0.114. The molecule has 3 N–H and O–H groups in total. The Morgan fingerprint density at radius 2 is 1.92 bits per heavy atom. The van der Waals surface area contributed by atoms with Crippen LogP contribution >= 0.6 is 0 Å². The van der Waals surface area contributed by atoms with E-state index >= 15 is 0 Å². The first-order chi connectivity index (χ1) is 18.4. The number of anilines is 1. The number of likely N-dealkylation sites (tertiary alicyclic amines) is 1. The average Bonchev–Trinajstić information content (AvgIpc) is 3.62. The molecule has 38 heavy (non-hydrogen) atoms. The number of Topliss-reactive ketones (excluding diaryl/α,β-unsaturated/α-hetero) is 1. The van der Waals surface area contributed by atoms with Gasteiger partial charge in [-0.1, -0.05) is 6.08 Å². The fourth-order valence-corrected chi connectivity index (χ4v) is 5.78. The molecule has 1 saturated heterocycles. The van der Waals surface area contributed by atoms with Crippen LogP contribution in [0.2, 0.25) is 0 Å². The number of nitrogens with zero attached hydrogens (tertiary/aromatic N) is 4. The van der Waals surface area contributed by atoms with E-state index in [0.29, 0.717) is 41.0 Å². The van der Waals surface area contributed by atoms with E-state index in [-0.39, 0.29) is 36.7 Å². The molecule has 0 bridgehead atoms. The lowest BCUT2D eigenvalue weighted by Gasteiger charge is -2.33. The molecular formula is C28H30N6O4. The van der Waals surface area contributed by atoms with E-state index in [4.69, 9.17) is 4.99 Å². The molecule has 3 aliphatic heterocycles. The number of nitrogens with one attached hydrogen (secondary N) is 2. The normalized spacial score (nSPS) is 23.8. The topological polar surface area (TPSA) is 131 Å². The standard InChI is InChI=1S/C28H30N6O4/c1-33-7-5-19(6-8-33)34-27(37)20-9-16-10-24(32-23(16)12-21(20)28(34)38)26-22(3-2-4-25(26)36)31-18(14-35)11-17-13-29-15-30-17/h2-3,9,12-13,15,18-19,32,35H,4-8,10-11,14H2,1H3,(H,29,30)/t18-/m1/s1. The number of aliphatic imine (C=N–C) groups is 1. The molecule has 0 spiro atoms. The van der Waals surface area contributed by atoms with Crippen LogP contribution in [-0.2, 0) is 17.6 Å². The maximum atomic E-state index is 13.3. The van der Waals surface area contributed by atoms with E-state index in [1.807, 2.05) is 13.1 Å². The molecule has 0 saturated carbocycles. The fourth-order valence-electron chi connectivity index (χ4n) is 5.78. The minimum atomic E-state index is -0.440. The molecule has 2 amide bonds. The number of carbonyl (C=O) groups is 3. The molecule has 4 heterocycles. The molecule has 2 aromatic rings. The van der Waals surface area contributed by atoms with E-state index in [9.17, 15) is 19.5 Å². The number of benzene rings is 1. The van der Waals surface area contributed by atoms with Gasteiger partial charge in [-0.25, -0.2) is 4.98 Å². The molecule has 0 radical (unpaired) electrons. The van der Waals surface area contributed by atoms with Crippen LogP contribution in [0.15, 0.2) is 53.1 Å². The average molecular weight is 515 g/mol. The Morgan fingerprint density at radius 3 is 2.63 bits per heavy atom. The number of rotatable bonds is 5. The third kappa shape index (κ3) is 4.29. The molecular weight excluding hydrogens is 484 g/mol. The van der Waals surface area contributed by atoms with Crippen molar-refractivity contribution in [2.75, 3.05) is 32.1 Å². The summed E-state index contributed by atoms with van der Waals surface area (Å²) in [5.41, 5.74) is 4.99. The summed E-state index contributed by atoms with van der Waals surface area (Å²) in [6.07, 6.45) is 9.58. The number of allylic oxidation sites excluding steroid dienone is 4. The van der Waals surface area contributed by atoms with Crippen molar-refractivity contribution >= 4 is 29.0 Å². The zero-order valence-corrected chi connectivity index (χ0v) is 21.2. The second-order valence-corrected chi connectivity index (χ2v) is 10.4. The summed E-state index contributed by atoms with van der Waals surface area (Å²) < 4.78 is 0. The number of aliphatic hydroxyl groups excluding tert-OH is 1. The molecule has 1 aromatic carbocycles. The molecule has 196 valence electrons. The highest BCUT2D eigenvalue weighted by Gasteiger charge is 2.42. The minimum absolute atomic E-state index is 0.0621. The Bertz CT molecular complexity index is 1350. The van der Waals surface area contributed by atoms with Gasteiger partial charge in [0.25, 0.3) is 11.8 Å². The van der Waals surface area contributed by atoms with E-state index in [1.165, 1.54) is 4.90 Å². The van der Waals surface area contributed by atoms with Crippen LogP contribution in [0.25, 0.3) is 0 Å². The van der Waals surface area contributed by atoms with E-state index in [1.54, 1.807) is 30.7 Å². The van der Waals surface area contributed by atoms with Crippen molar-refractivity contribution < 1.29 is 19.5 Å².